The molecule has 0 aliphatic carbocycles. The quantitative estimate of drug-likeness (QED) is 0.618. The summed E-state index contributed by atoms with van der Waals surface area (Å²) in [5.74, 6) is 0.404. The van der Waals surface area contributed by atoms with Crippen LogP contribution >= 0.6 is 11.8 Å². The highest BCUT2D eigenvalue weighted by Crippen LogP contribution is 2.38. The van der Waals surface area contributed by atoms with Crippen LogP contribution in [-0.2, 0) is 16.0 Å². The maximum absolute atomic E-state index is 13.2. The van der Waals surface area contributed by atoms with E-state index in [1.54, 1.807) is 7.11 Å². The summed E-state index contributed by atoms with van der Waals surface area (Å²) in [5, 5.41) is 0.213. The predicted molar refractivity (Wildman–Crippen MR) is 119 cm³/mol. The SMILES string of the molecule is COc1ccc(CCN2C(=O)C(SC(C)C)=C(c3ccc(C)c(C)c3)C2=O)cc1. The third-order valence-corrected chi connectivity index (χ3v) is 6.14. The van der Waals surface area contributed by atoms with Gasteiger partial charge in [-0.2, -0.15) is 0 Å². The summed E-state index contributed by atoms with van der Waals surface area (Å²) in [5.41, 5.74) is 4.69. The Morgan fingerprint density at radius 1 is 0.966 bits per heavy atom. The fraction of sp³-hybridized carbons (Fsp3) is 0.333. The fourth-order valence-corrected chi connectivity index (χ4v) is 4.29. The molecule has 0 saturated carbocycles. The number of carbonyl (C=O) groups is 2. The van der Waals surface area contributed by atoms with Gasteiger partial charge in [-0.3, -0.25) is 14.5 Å². The molecule has 0 spiro atoms. The van der Waals surface area contributed by atoms with Crippen molar-refractivity contribution < 1.29 is 14.3 Å². The van der Waals surface area contributed by atoms with Gasteiger partial charge in [0.25, 0.3) is 11.8 Å². The molecule has 2 aromatic rings. The molecule has 2 aromatic carbocycles. The van der Waals surface area contributed by atoms with Gasteiger partial charge in [-0.05, 0) is 54.7 Å². The summed E-state index contributed by atoms with van der Waals surface area (Å²) in [6.07, 6.45) is 0.612. The summed E-state index contributed by atoms with van der Waals surface area (Å²) in [4.78, 5) is 28.3. The molecule has 152 valence electrons. The Bertz CT molecular complexity index is 961. The Balaban J connectivity index is 1.87. The van der Waals surface area contributed by atoms with E-state index < -0.39 is 0 Å². The van der Waals surface area contributed by atoms with Crippen molar-refractivity contribution in [2.45, 2.75) is 39.4 Å². The zero-order valence-electron chi connectivity index (χ0n) is 17.6. The zero-order valence-corrected chi connectivity index (χ0v) is 18.4. The molecular weight excluding hydrogens is 382 g/mol. The van der Waals surface area contributed by atoms with Crippen molar-refractivity contribution >= 4 is 29.1 Å². The van der Waals surface area contributed by atoms with Gasteiger partial charge in [0.1, 0.15) is 5.75 Å². The zero-order chi connectivity index (χ0) is 21.1. The monoisotopic (exact) mass is 409 g/mol. The molecular formula is C24H27NO3S. The molecule has 2 amide bonds. The average molecular weight is 410 g/mol. The van der Waals surface area contributed by atoms with Crippen LogP contribution in [0.3, 0.4) is 0 Å². The molecule has 0 unspecified atom stereocenters. The van der Waals surface area contributed by atoms with Crippen LogP contribution in [0.15, 0.2) is 47.4 Å². The minimum Gasteiger partial charge on any atom is -0.497 e. The molecule has 0 bridgehead atoms. The molecule has 0 fully saturated rings. The summed E-state index contributed by atoms with van der Waals surface area (Å²) in [7, 11) is 1.63. The van der Waals surface area contributed by atoms with Gasteiger partial charge >= 0.3 is 0 Å². The van der Waals surface area contributed by atoms with Gasteiger partial charge in [0.2, 0.25) is 0 Å². The lowest BCUT2D eigenvalue weighted by Gasteiger charge is -2.15. The maximum Gasteiger partial charge on any atom is 0.268 e. The van der Waals surface area contributed by atoms with Crippen LogP contribution in [-0.4, -0.2) is 35.6 Å². The van der Waals surface area contributed by atoms with E-state index in [0.717, 1.165) is 22.4 Å². The number of carbonyl (C=O) groups excluding carboxylic acids is 2. The number of ether oxygens (including phenoxy) is 1. The topological polar surface area (TPSA) is 46.6 Å². The van der Waals surface area contributed by atoms with E-state index in [-0.39, 0.29) is 17.1 Å². The van der Waals surface area contributed by atoms with Crippen molar-refractivity contribution in [3.05, 3.63) is 69.6 Å². The second-order valence-electron chi connectivity index (χ2n) is 7.53. The number of hydrogen-bond donors (Lipinski definition) is 0. The molecule has 0 saturated heterocycles. The second kappa shape index (κ2) is 8.87. The molecule has 1 aliphatic heterocycles. The Labute approximate surface area is 176 Å². The van der Waals surface area contributed by atoms with Crippen LogP contribution in [0.4, 0.5) is 0 Å². The normalized spacial score (nSPS) is 14.3. The van der Waals surface area contributed by atoms with Crippen LogP contribution in [0.5, 0.6) is 5.75 Å². The van der Waals surface area contributed by atoms with Crippen LogP contribution in [0, 0.1) is 13.8 Å². The van der Waals surface area contributed by atoms with Crippen molar-refractivity contribution in [3.8, 4) is 5.75 Å². The van der Waals surface area contributed by atoms with E-state index in [0.29, 0.717) is 23.4 Å². The van der Waals surface area contributed by atoms with E-state index in [1.807, 2.05) is 70.2 Å². The first kappa shape index (κ1) is 21.2. The first-order chi connectivity index (χ1) is 13.8. The lowest BCUT2D eigenvalue weighted by Crippen LogP contribution is -2.33. The first-order valence-corrected chi connectivity index (χ1v) is 10.7. The lowest BCUT2D eigenvalue weighted by molar-refractivity contribution is -0.136. The van der Waals surface area contributed by atoms with Crippen LogP contribution < -0.4 is 4.74 Å². The molecule has 1 heterocycles. The molecule has 0 aromatic heterocycles. The van der Waals surface area contributed by atoms with Gasteiger partial charge in [-0.25, -0.2) is 0 Å². The van der Waals surface area contributed by atoms with E-state index in [1.165, 1.54) is 22.2 Å². The number of hydrogen-bond acceptors (Lipinski definition) is 4. The van der Waals surface area contributed by atoms with Gasteiger partial charge in [-0.15, -0.1) is 11.8 Å². The third kappa shape index (κ3) is 4.56. The van der Waals surface area contributed by atoms with Crippen LogP contribution in [0.1, 0.15) is 36.1 Å². The second-order valence-corrected chi connectivity index (χ2v) is 9.12. The van der Waals surface area contributed by atoms with E-state index in [2.05, 4.69) is 0 Å². The Hall–Kier alpha value is -2.53. The molecule has 0 radical (unpaired) electrons. The number of aryl methyl sites for hydroxylation is 2. The van der Waals surface area contributed by atoms with Crippen LogP contribution in [0.2, 0.25) is 0 Å². The van der Waals surface area contributed by atoms with Gasteiger partial charge in [-0.1, -0.05) is 44.2 Å². The van der Waals surface area contributed by atoms with Gasteiger partial charge in [0, 0.05) is 11.8 Å². The van der Waals surface area contributed by atoms with Crippen molar-refractivity contribution in [3.63, 3.8) is 0 Å². The summed E-state index contributed by atoms with van der Waals surface area (Å²) in [6.45, 7) is 8.50. The first-order valence-electron chi connectivity index (χ1n) is 9.79. The minimum absolute atomic E-state index is 0.185. The molecule has 0 N–H and O–H groups in total. The van der Waals surface area contributed by atoms with E-state index in [4.69, 9.17) is 4.74 Å². The molecule has 5 heteroatoms. The Morgan fingerprint density at radius 2 is 1.66 bits per heavy atom. The third-order valence-electron chi connectivity index (χ3n) is 5.06. The number of benzene rings is 2. The van der Waals surface area contributed by atoms with Gasteiger partial charge in [0.15, 0.2) is 0 Å². The summed E-state index contributed by atoms with van der Waals surface area (Å²) < 4.78 is 5.19. The average Bonchev–Trinajstić information content (AvgIpc) is 2.92. The van der Waals surface area contributed by atoms with Crippen LogP contribution in [0.25, 0.3) is 5.57 Å². The Morgan fingerprint density at radius 3 is 2.24 bits per heavy atom. The number of nitrogens with zero attached hydrogens (tertiary/aromatic N) is 1. The molecule has 4 nitrogen and oxygen atoms in total. The van der Waals surface area contributed by atoms with Crippen molar-refractivity contribution in [2.75, 3.05) is 13.7 Å². The number of thioether (sulfide) groups is 1. The van der Waals surface area contributed by atoms with E-state index in [9.17, 15) is 9.59 Å². The fourth-order valence-electron chi connectivity index (χ4n) is 3.29. The predicted octanol–water partition coefficient (Wildman–Crippen LogP) is 4.78. The minimum atomic E-state index is -0.199. The van der Waals surface area contributed by atoms with Crippen molar-refractivity contribution in [2.24, 2.45) is 0 Å². The number of methoxy groups -OCH3 is 1. The van der Waals surface area contributed by atoms with E-state index >= 15 is 0 Å². The number of imide groups is 1. The number of rotatable bonds is 7. The highest BCUT2D eigenvalue weighted by atomic mass is 32.2. The molecule has 1 aliphatic rings. The van der Waals surface area contributed by atoms with Crippen molar-refractivity contribution in [1.82, 2.24) is 4.90 Å². The van der Waals surface area contributed by atoms with Gasteiger partial charge < -0.3 is 4.74 Å². The summed E-state index contributed by atoms with van der Waals surface area (Å²) in [6, 6.07) is 13.7. The molecule has 0 atom stereocenters. The summed E-state index contributed by atoms with van der Waals surface area (Å²) >= 11 is 1.47. The molecule has 29 heavy (non-hydrogen) atoms. The highest BCUT2D eigenvalue weighted by molar-refractivity contribution is 8.04. The highest BCUT2D eigenvalue weighted by Gasteiger charge is 2.39. The standard InChI is InChI=1S/C24H27NO3S/c1-15(2)29-22-21(19-9-6-16(3)17(4)14-19)23(26)25(24(22)27)13-12-18-7-10-20(28-5)11-8-18/h6-11,14-15H,12-13H2,1-5H3. The maximum atomic E-state index is 13.2. The molecule has 3 rings (SSSR count). The van der Waals surface area contributed by atoms with Crippen molar-refractivity contribution in [1.29, 1.82) is 0 Å². The lowest BCUT2D eigenvalue weighted by atomic mass is 10.0. The largest absolute Gasteiger partial charge is 0.497 e. The smallest absolute Gasteiger partial charge is 0.268 e. The Kier molecular flexibility index (Phi) is 6.48. The van der Waals surface area contributed by atoms with Gasteiger partial charge in [0.05, 0.1) is 17.6 Å². The number of amides is 2.